The van der Waals surface area contributed by atoms with Gasteiger partial charge in [0.15, 0.2) is 5.69 Å². The highest BCUT2D eigenvalue weighted by Gasteiger charge is 2.30. The first-order chi connectivity index (χ1) is 11.4. The van der Waals surface area contributed by atoms with E-state index < -0.39 is 17.6 Å². The maximum absolute atomic E-state index is 12.6. The van der Waals surface area contributed by atoms with Gasteiger partial charge in [-0.1, -0.05) is 0 Å². The summed E-state index contributed by atoms with van der Waals surface area (Å²) in [5.74, 6) is -0.393. The number of nitrogens with zero attached hydrogens (tertiary/aromatic N) is 3. The van der Waals surface area contributed by atoms with Gasteiger partial charge in [-0.05, 0) is 36.4 Å². The smallest absolute Gasteiger partial charge is 0.345 e. The average molecular weight is 335 g/mol. The average Bonchev–Trinajstić information content (AvgIpc) is 3.23. The number of carbonyl (C=O) groups excluding carboxylic acids is 1. The van der Waals surface area contributed by atoms with Crippen LogP contribution in [-0.2, 0) is 12.7 Å². The van der Waals surface area contributed by atoms with Crippen LogP contribution in [0.1, 0.15) is 21.7 Å². The summed E-state index contributed by atoms with van der Waals surface area (Å²) in [5, 5.41) is 13.2. The largest absolute Gasteiger partial charge is 0.416 e. The Morgan fingerprint density at radius 3 is 2.54 bits per heavy atom. The Morgan fingerprint density at radius 1 is 1.17 bits per heavy atom. The van der Waals surface area contributed by atoms with Crippen molar-refractivity contribution in [2.45, 2.75) is 12.7 Å². The zero-order chi connectivity index (χ0) is 17.2. The normalized spacial score (nSPS) is 11.5. The first-order valence-corrected chi connectivity index (χ1v) is 6.93. The van der Waals surface area contributed by atoms with Crippen LogP contribution in [0.3, 0.4) is 0 Å². The molecule has 2 heterocycles. The van der Waals surface area contributed by atoms with Gasteiger partial charge in [0, 0.05) is 12.4 Å². The predicted octanol–water partition coefficient (Wildman–Crippen LogP) is 2.54. The summed E-state index contributed by atoms with van der Waals surface area (Å²) in [7, 11) is 0. The van der Waals surface area contributed by atoms with Gasteiger partial charge in [0.25, 0.3) is 5.91 Å². The van der Waals surface area contributed by atoms with E-state index in [0.717, 1.165) is 17.8 Å². The lowest BCUT2D eigenvalue weighted by molar-refractivity contribution is -0.137. The van der Waals surface area contributed by atoms with Gasteiger partial charge in [0.2, 0.25) is 0 Å². The Morgan fingerprint density at radius 2 is 1.92 bits per heavy atom. The molecule has 6 nitrogen and oxygen atoms in total. The molecule has 0 aliphatic carbocycles. The molecule has 0 bridgehead atoms. The lowest BCUT2D eigenvalue weighted by Gasteiger charge is -2.07. The molecule has 0 radical (unpaired) electrons. The minimum absolute atomic E-state index is 0.161. The van der Waals surface area contributed by atoms with Crippen molar-refractivity contribution in [2.75, 3.05) is 0 Å². The maximum Gasteiger partial charge on any atom is 0.416 e. The molecule has 0 atom stereocenters. The molecule has 0 saturated heterocycles. The summed E-state index contributed by atoms with van der Waals surface area (Å²) in [4.78, 5) is 12.0. The zero-order valence-corrected chi connectivity index (χ0v) is 12.2. The van der Waals surface area contributed by atoms with Crippen molar-refractivity contribution in [2.24, 2.45) is 0 Å². The number of halogens is 3. The van der Waals surface area contributed by atoms with Crippen molar-refractivity contribution >= 4 is 5.91 Å². The molecule has 0 aliphatic heterocycles. The summed E-state index contributed by atoms with van der Waals surface area (Å²) >= 11 is 0. The van der Waals surface area contributed by atoms with E-state index in [2.05, 4.69) is 20.6 Å². The maximum atomic E-state index is 12.6. The number of carbonyl (C=O) groups is 1. The van der Waals surface area contributed by atoms with Crippen molar-refractivity contribution < 1.29 is 18.0 Å². The summed E-state index contributed by atoms with van der Waals surface area (Å²) in [6.07, 6.45) is -1.31. The number of H-pyrrole nitrogens is 1. The number of rotatable bonds is 4. The molecule has 1 aromatic carbocycles. The molecule has 124 valence electrons. The van der Waals surface area contributed by atoms with Gasteiger partial charge < -0.3 is 5.32 Å². The zero-order valence-electron chi connectivity index (χ0n) is 12.2. The molecule has 2 N–H and O–H groups in total. The third-order valence-electron chi connectivity index (χ3n) is 3.28. The van der Waals surface area contributed by atoms with E-state index in [0.29, 0.717) is 5.69 Å². The van der Waals surface area contributed by atoms with Crippen LogP contribution in [0.5, 0.6) is 0 Å². The number of alkyl halides is 3. The van der Waals surface area contributed by atoms with Gasteiger partial charge in [-0.15, -0.1) is 0 Å². The molecular weight excluding hydrogens is 323 g/mol. The van der Waals surface area contributed by atoms with Gasteiger partial charge in [-0.25, -0.2) is 4.68 Å². The van der Waals surface area contributed by atoms with Crippen LogP contribution >= 0.6 is 0 Å². The van der Waals surface area contributed by atoms with Crippen molar-refractivity contribution in [3.05, 3.63) is 65.7 Å². The molecule has 0 unspecified atom stereocenters. The molecule has 2 aromatic heterocycles. The van der Waals surface area contributed by atoms with E-state index in [1.54, 1.807) is 12.3 Å². The van der Waals surface area contributed by atoms with Gasteiger partial charge in [-0.2, -0.15) is 23.4 Å². The van der Waals surface area contributed by atoms with Crippen LogP contribution in [0.15, 0.2) is 48.8 Å². The Hall–Kier alpha value is -3.10. The second-order valence-corrected chi connectivity index (χ2v) is 4.95. The van der Waals surface area contributed by atoms with Gasteiger partial charge in [0.05, 0.1) is 23.5 Å². The first-order valence-electron chi connectivity index (χ1n) is 6.93. The lowest BCUT2D eigenvalue weighted by Crippen LogP contribution is -2.23. The summed E-state index contributed by atoms with van der Waals surface area (Å²) < 4.78 is 39.0. The van der Waals surface area contributed by atoms with E-state index in [1.165, 1.54) is 29.1 Å². The number of amides is 1. The van der Waals surface area contributed by atoms with Crippen LogP contribution < -0.4 is 5.32 Å². The molecule has 0 saturated carbocycles. The molecule has 0 fully saturated rings. The molecule has 0 aliphatic rings. The third kappa shape index (κ3) is 3.45. The molecular formula is C15H12F3N5O. The first kappa shape index (κ1) is 15.8. The molecule has 0 spiro atoms. The van der Waals surface area contributed by atoms with E-state index in [-0.39, 0.29) is 12.2 Å². The van der Waals surface area contributed by atoms with E-state index in [4.69, 9.17) is 0 Å². The second kappa shape index (κ2) is 6.19. The number of hydrogen-bond acceptors (Lipinski definition) is 3. The van der Waals surface area contributed by atoms with Crippen molar-refractivity contribution in [3.63, 3.8) is 0 Å². The van der Waals surface area contributed by atoms with Crippen LogP contribution in [0.2, 0.25) is 0 Å². The molecule has 1 amide bonds. The highest BCUT2D eigenvalue weighted by Crippen LogP contribution is 2.29. The number of nitrogens with one attached hydrogen (secondary N) is 2. The fourth-order valence-corrected chi connectivity index (χ4v) is 2.04. The molecule has 9 heteroatoms. The Kier molecular flexibility index (Phi) is 4.07. The monoisotopic (exact) mass is 335 g/mol. The molecule has 3 aromatic rings. The summed E-state index contributed by atoms with van der Waals surface area (Å²) in [6, 6.07) is 7.73. The van der Waals surface area contributed by atoms with Crippen molar-refractivity contribution in [1.29, 1.82) is 0 Å². The summed E-state index contributed by atoms with van der Waals surface area (Å²) in [5.41, 5.74) is 0.589. The Bertz CT molecular complexity index is 822. The van der Waals surface area contributed by atoms with Gasteiger partial charge in [-0.3, -0.25) is 9.89 Å². The topological polar surface area (TPSA) is 75.6 Å². The van der Waals surface area contributed by atoms with Crippen molar-refractivity contribution in [1.82, 2.24) is 25.3 Å². The number of benzene rings is 1. The van der Waals surface area contributed by atoms with Crippen LogP contribution in [0.25, 0.3) is 5.69 Å². The van der Waals surface area contributed by atoms with Gasteiger partial charge in [0.1, 0.15) is 0 Å². The van der Waals surface area contributed by atoms with E-state index in [9.17, 15) is 18.0 Å². The summed E-state index contributed by atoms with van der Waals surface area (Å²) in [6.45, 7) is 0.270. The quantitative estimate of drug-likeness (QED) is 0.769. The van der Waals surface area contributed by atoms with Crippen molar-refractivity contribution in [3.8, 4) is 5.69 Å². The van der Waals surface area contributed by atoms with Gasteiger partial charge >= 0.3 is 6.18 Å². The molecule has 24 heavy (non-hydrogen) atoms. The number of aromatic amines is 1. The molecule has 3 rings (SSSR count). The van der Waals surface area contributed by atoms with E-state index >= 15 is 0 Å². The standard InChI is InChI=1S/C15H12F3N5O/c16-15(17,18)10-1-3-12(4-2-10)23-8-6-13(22-23)14(24)19-9-11-5-7-20-21-11/h1-8H,9H2,(H,19,24)(H,20,21). The van der Waals surface area contributed by atoms with Crippen LogP contribution in [0, 0.1) is 0 Å². The second-order valence-electron chi connectivity index (χ2n) is 4.95. The minimum Gasteiger partial charge on any atom is -0.345 e. The fourth-order valence-electron chi connectivity index (χ4n) is 2.04. The highest BCUT2D eigenvalue weighted by atomic mass is 19.4. The van der Waals surface area contributed by atoms with Crippen LogP contribution in [0.4, 0.5) is 13.2 Å². The van der Waals surface area contributed by atoms with E-state index in [1.807, 2.05) is 0 Å². The number of hydrogen-bond donors (Lipinski definition) is 2. The highest BCUT2D eigenvalue weighted by molar-refractivity contribution is 5.92. The predicted molar refractivity (Wildman–Crippen MR) is 78.3 cm³/mol. The number of aromatic nitrogens is 4. The minimum atomic E-state index is -4.39. The third-order valence-corrected chi connectivity index (χ3v) is 3.28. The fraction of sp³-hybridized carbons (Fsp3) is 0.133. The lowest BCUT2D eigenvalue weighted by atomic mass is 10.2. The Balaban J connectivity index is 1.69. The SMILES string of the molecule is O=C(NCc1ccn[nH]1)c1ccn(-c2ccc(C(F)(F)F)cc2)n1. The Labute approximate surface area is 134 Å². The van der Waals surface area contributed by atoms with Crippen LogP contribution in [-0.4, -0.2) is 25.9 Å².